The van der Waals surface area contributed by atoms with E-state index in [1.165, 1.54) is 10.4 Å². The Kier molecular flexibility index (Phi) is 2.80. The summed E-state index contributed by atoms with van der Waals surface area (Å²) in [5, 5.41) is 2.08. The molecule has 0 atom stereocenters. The van der Waals surface area contributed by atoms with Gasteiger partial charge < -0.3 is 9.32 Å². The van der Waals surface area contributed by atoms with Crippen molar-refractivity contribution in [1.29, 1.82) is 0 Å². The molecule has 0 aromatic carbocycles. The van der Waals surface area contributed by atoms with Gasteiger partial charge in [-0.05, 0) is 36.6 Å². The number of hydrogen-bond acceptors (Lipinski definition) is 4. The first-order valence-corrected chi connectivity index (χ1v) is 6.70. The molecule has 0 spiro atoms. The highest BCUT2D eigenvalue weighted by Crippen LogP contribution is 2.30. The van der Waals surface area contributed by atoms with E-state index < -0.39 is 0 Å². The van der Waals surface area contributed by atoms with Gasteiger partial charge in [0, 0.05) is 13.2 Å². The molecule has 3 aromatic heterocycles. The van der Waals surface area contributed by atoms with Crippen LogP contribution < -0.4 is 4.90 Å². The average molecular weight is 258 g/mol. The zero-order chi connectivity index (χ0) is 12.5. The molecule has 0 N–H and O–H groups in total. The number of aromatic nitrogens is 1. The van der Waals surface area contributed by atoms with Crippen molar-refractivity contribution >= 4 is 27.2 Å². The summed E-state index contributed by atoms with van der Waals surface area (Å²) in [7, 11) is 2.08. The van der Waals surface area contributed by atoms with Crippen LogP contribution in [0, 0.1) is 6.92 Å². The first kappa shape index (κ1) is 11.3. The number of anilines is 1. The predicted octanol–water partition coefficient (Wildman–Crippen LogP) is 3.83. The Bertz CT molecular complexity index is 671. The van der Waals surface area contributed by atoms with Gasteiger partial charge in [0.1, 0.15) is 11.5 Å². The third kappa shape index (κ3) is 1.99. The lowest BCUT2D eigenvalue weighted by molar-refractivity contribution is 0.482. The number of hydrogen-bond donors (Lipinski definition) is 0. The van der Waals surface area contributed by atoms with Crippen molar-refractivity contribution in [1.82, 2.24) is 4.98 Å². The fraction of sp³-hybridized carbons (Fsp3) is 0.214. The lowest BCUT2D eigenvalue weighted by Gasteiger charge is -2.18. The van der Waals surface area contributed by atoms with Crippen molar-refractivity contribution < 1.29 is 4.42 Å². The Labute approximate surface area is 110 Å². The minimum absolute atomic E-state index is 0.769. The van der Waals surface area contributed by atoms with E-state index in [-0.39, 0.29) is 0 Å². The SMILES string of the molecule is Cc1ccc(CN(C)c2ccnc3ccsc23)o1. The lowest BCUT2D eigenvalue weighted by atomic mass is 10.3. The Morgan fingerprint density at radius 1 is 1.28 bits per heavy atom. The summed E-state index contributed by atoms with van der Waals surface area (Å²) in [6.45, 7) is 2.73. The molecule has 0 aliphatic carbocycles. The quantitative estimate of drug-likeness (QED) is 0.715. The van der Waals surface area contributed by atoms with Crippen LogP contribution in [0.2, 0.25) is 0 Å². The van der Waals surface area contributed by atoms with Crippen molar-refractivity contribution in [3.8, 4) is 0 Å². The minimum Gasteiger partial charge on any atom is -0.464 e. The van der Waals surface area contributed by atoms with Gasteiger partial charge in [-0.15, -0.1) is 11.3 Å². The van der Waals surface area contributed by atoms with E-state index in [1.54, 1.807) is 11.3 Å². The molecular formula is C14H14N2OS. The lowest BCUT2D eigenvalue weighted by Crippen LogP contribution is -2.15. The maximum atomic E-state index is 5.62. The first-order chi connectivity index (χ1) is 8.74. The van der Waals surface area contributed by atoms with Crippen LogP contribution >= 0.6 is 11.3 Å². The van der Waals surface area contributed by atoms with Crippen LogP contribution in [0.15, 0.2) is 40.3 Å². The molecular weight excluding hydrogens is 244 g/mol. The summed E-state index contributed by atoms with van der Waals surface area (Å²) < 4.78 is 6.84. The van der Waals surface area contributed by atoms with Crippen molar-refractivity contribution in [2.75, 3.05) is 11.9 Å². The van der Waals surface area contributed by atoms with E-state index in [2.05, 4.69) is 28.4 Å². The minimum atomic E-state index is 0.769. The number of furan rings is 1. The van der Waals surface area contributed by atoms with Gasteiger partial charge in [0.25, 0.3) is 0 Å². The molecule has 0 unspecified atom stereocenters. The molecule has 0 bridgehead atoms. The molecule has 0 fully saturated rings. The fourth-order valence-corrected chi connectivity index (χ4v) is 2.97. The summed E-state index contributed by atoms with van der Waals surface area (Å²) >= 11 is 1.72. The second-order valence-corrected chi connectivity index (χ2v) is 5.25. The molecule has 0 radical (unpaired) electrons. The van der Waals surface area contributed by atoms with Gasteiger partial charge in [-0.1, -0.05) is 0 Å². The van der Waals surface area contributed by atoms with Gasteiger partial charge in [-0.25, -0.2) is 0 Å². The number of aryl methyl sites for hydroxylation is 1. The van der Waals surface area contributed by atoms with Gasteiger partial charge in [-0.3, -0.25) is 4.98 Å². The van der Waals surface area contributed by atoms with Crippen LogP contribution in [0.25, 0.3) is 10.2 Å². The zero-order valence-electron chi connectivity index (χ0n) is 10.4. The van der Waals surface area contributed by atoms with Crippen LogP contribution in [0.3, 0.4) is 0 Å². The predicted molar refractivity (Wildman–Crippen MR) is 75.2 cm³/mol. The normalized spacial score (nSPS) is 11.0. The zero-order valence-corrected chi connectivity index (χ0v) is 11.2. The molecule has 3 heterocycles. The van der Waals surface area contributed by atoms with Gasteiger partial charge in [0.05, 0.1) is 22.4 Å². The highest BCUT2D eigenvalue weighted by atomic mass is 32.1. The highest BCUT2D eigenvalue weighted by Gasteiger charge is 2.10. The molecule has 18 heavy (non-hydrogen) atoms. The Balaban J connectivity index is 1.92. The van der Waals surface area contributed by atoms with Crippen LogP contribution in [0.4, 0.5) is 5.69 Å². The van der Waals surface area contributed by atoms with Crippen LogP contribution in [-0.2, 0) is 6.54 Å². The maximum absolute atomic E-state index is 5.62. The van der Waals surface area contributed by atoms with Crippen LogP contribution in [-0.4, -0.2) is 12.0 Å². The van der Waals surface area contributed by atoms with Gasteiger partial charge in [-0.2, -0.15) is 0 Å². The van der Waals surface area contributed by atoms with E-state index in [0.29, 0.717) is 0 Å². The topological polar surface area (TPSA) is 29.3 Å². The van der Waals surface area contributed by atoms with E-state index in [9.17, 15) is 0 Å². The Morgan fingerprint density at radius 3 is 2.94 bits per heavy atom. The van der Waals surface area contributed by atoms with E-state index in [4.69, 9.17) is 4.42 Å². The van der Waals surface area contributed by atoms with Crippen molar-refractivity contribution in [3.63, 3.8) is 0 Å². The molecule has 0 aliphatic heterocycles. The standard InChI is InChI=1S/C14H14N2OS/c1-10-3-4-11(17-10)9-16(2)13-5-7-15-12-6-8-18-14(12)13/h3-8H,9H2,1-2H3. The molecule has 3 rings (SSSR count). The maximum Gasteiger partial charge on any atom is 0.123 e. The number of rotatable bonds is 3. The number of thiophene rings is 1. The smallest absolute Gasteiger partial charge is 0.123 e. The summed E-state index contributed by atoms with van der Waals surface area (Å²) in [4.78, 5) is 6.55. The van der Waals surface area contributed by atoms with E-state index in [0.717, 1.165) is 23.6 Å². The molecule has 4 heteroatoms. The molecule has 3 nitrogen and oxygen atoms in total. The monoisotopic (exact) mass is 258 g/mol. The molecule has 0 aliphatic rings. The second-order valence-electron chi connectivity index (χ2n) is 4.33. The van der Waals surface area contributed by atoms with E-state index >= 15 is 0 Å². The second kappa shape index (κ2) is 4.46. The van der Waals surface area contributed by atoms with Gasteiger partial charge >= 0.3 is 0 Å². The molecule has 3 aromatic rings. The largest absolute Gasteiger partial charge is 0.464 e. The molecule has 92 valence electrons. The first-order valence-electron chi connectivity index (χ1n) is 5.83. The van der Waals surface area contributed by atoms with Gasteiger partial charge in [0.15, 0.2) is 0 Å². The van der Waals surface area contributed by atoms with Crippen molar-refractivity contribution in [2.45, 2.75) is 13.5 Å². The highest BCUT2D eigenvalue weighted by molar-refractivity contribution is 7.17. The number of pyridine rings is 1. The molecule has 0 amide bonds. The third-order valence-corrected chi connectivity index (χ3v) is 3.85. The fourth-order valence-electron chi connectivity index (χ4n) is 2.05. The Morgan fingerprint density at radius 2 is 2.17 bits per heavy atom. The third-order valence-electron chi connectivity index (χ3n) is 2.92. The van der Waals surface area contributed by atoms with Crippen LogP contribution in [0.1, 0.15) is 11.5 Å². The van der Waals surface area contributed by atoms with Crippen molar-refractivity contribution in [2.24, 2.45) is 0 Å². The summed E-state index contributed by atoms with van der Waals surface area (Å²) in [6, 6.07) is 8.12. The van der Waals surface area contributed by atoms with Crippen LogP contribution in [0.5, 0.6) is 0 Å². The van der Waals surface area contributed by atoms with Crippen molar-refractivity contribution in [3.05, 3.63) is 47.4 Å². The molecule has 0 saturated carbocycles. The Hall–Kier alpha value is -1.81. The number of nitrogens with zero attached hydrogens (tertiary/aromatic N) is 2. The summed E-state index contributed by atoms with van der Waals surface area (Å²) in [5.74, 6) is 1.94. The van der Waals surface area contributed by atoms with E-state index in [1.807, 2.05) is 31.3 Å². The summed E-state index contributed by atoms with van der Waals surface area (Å²) in [5.41, 5.74) is 2.25. The molecule has 0 saturated heterocycles. The summed E-state index contributed by atoms with van der Waals surface area (Å²) in [6.07, 6.45) is 1.86. The number of fused-ring (bicyclic) bond motifs is 1. The average Bonchev–Trinajstić information content (AvgIpc) is 2.97. The van der Waals surface area contributed by atoms with Gasteiger partial charge in [0.2, 0.25) is 0 Å².